The van der Waals surface area contributed by atoms with Crippen molar-refractivity contribution in [2.75, 3.05) is 0 Å². The van der Waals surface area contributed by atoms with Crippen molar-refractivity contribution >= 4 is 5.97 Å². The average Bonchev–Trinajstić information content (AvgIpc) is 2.16. The van der Waals surface area contributed by atoms with Gasteiger partial charge in [0.2, 0.25) is 0 Å². The first-order valence-corrected chi connectivity index (χ1v) is 5.17. The lowest BCUT2D eigenvalue weighted by Gasteiger charge is -2.38. The van der Waals surface area contributed by atoms with Gasteiger partial charge in [-0.05, 0) is 25.3 Å². The van der Waals surface area contributed by atoms with Crippen LogP contribution < -0.4 is 0 Å². The number of halogens is 2. The number of carbonyl (C=O) groups is 1. The highest BCUT2D eigenvalue weighted by atomic mass is 19.2. The first-order chi connectivity index (χ1) is 7.49. The second kappa shape index (κ2) is 3.54. The second-order valence-electron chi connectivity index (χ2n) is 4.30. The summed E-state index contributed by atoms with van der Waals surface area (Å²) < 4.78 is 27.1. The molecule has 1 saturated carbocycles. The van der Waals surface area contributed by atoms with Crippen molar-refractivity contribution in [1.82, 2.24) is 0 Å². The summed E-state index contributed by atoms with van der Waals surface area (Å²) in [5, 5.41) is 9.13. The van der Waals surface area contributed by atoms with Crippen LogP contribution in [-0.2, 0) is 10.2 Å². The smallest absolute Gasteiger partial charge is 0.314 e. The van der Waals surface area contributed by atoms with E-state index in [1.165, 1.54) is 19.1 Å². The SMILES string of the molecule is Cc1ccc(C2(C(=O)O)CCC2)c(F)c1F. The van der Waals surface area contributed by atoms with Crippen LogP contribution in [-0.4, -0.2) is 11.1 Å². The van der Waals surface area contributed by atoms with E-state index in [4.69, 9.17) is 5.11 Å². The van der Waals surface area contributed by atoms with Gasteiger partial charge in [0.05, 0.1) is 5.41 Å². The van der Waals surface area contributed by atoms with E-state index in [1.807, 2.05) is 0 Å². The van der Waals surface area contributed by atoms with E-state index in [0.29, 0.717) is 12.8 Å². The van der Waals surface area contributed by atoms with Gasteiger partial charge in [-0.2, -0.15) is 0 Å². The van der Waals surface area contributed by atoms with Crippen LogP contribution in [0.3, 0.4) is 0 Å². The fraction of sp³-hybridized carbons (Fsp3) is 0.417. The fourth-order valence-corrected chi connectivity index (χ4v) is 2.14. The summed E-state index contributed by atoms with van der Waals surface area (Å²) in [5.74, 6) is -3.02. The van der Waals surface area contributed by atoms with Gasteiger partial charge in [-0.3, -0.25) is 4.79 Å². The number of aryl methyl sites for hydroxylation is 1. The summed E-state index contributed by atoms with van der Waals surface area (Å²) >= 11 is 0. The lowest BCUT2D eigenvalue weighted by molar-refractivity contribution is -0.147. The van der Waals surface area contributed by atoms with Gasteiger partial charge in [0.25, 0.3) is 0 Å². The first-order valence-electron chi connectivity index (χ1n) is 5.17. The Morgan fingerprint density at radius 2 is 1.94 bits per heavy atom. The van der Waals surface area contributed by atoms with Crippen LogP contribution in [0.1, 0.15) is 30.4 Å². The Kier molecular flexibility index (Phi) is 2.45. The van der Waals surface area contributed by atoms with Crippen molar-refractivity contribution < 1.29 is 18.7 Å². The van der Waals surface area contributed by atoms with E-state index in [1.54, 1.807) is 0 Å². The maximum absolute atomic E-state index is 13.7. The maximum atomic E-state index is 13.7. The van der Waals surface area contributed by atoms with Crippen molar-refractivity contribution in [3.05, 3.63) is 34.9 Å². The summed E-state index contributed by atoms with van der Waals surface area (Å²) in [4.78, 5) is 11.2. The molecule has 0 saturated heterocycles. The minimum absolute atomic E-state index is 0.0191. The molecule has 2 nitrogen and oxygen atoms in total. The zero-order valence-electron chi connectivity index (χ0n) is 8.89. The van der Waals surface area contributed by atoms with E-state index in [9.17, 15) is 13.6 Å². The summed E-state index contributed by atoms with van der Waals surface area (Å²) in [6.45, 7) is 1.45. The molecule has 0 aromatic heterocycles. The molecule has 4 heteroatoms. The Morgan fingerprint density at radius 3 is 2.38 bits per heavy atom. The number of rotatable bonds is 2. The first kappa shape index (κ1) is 11.0. The molecule has 1 aromatic rings. The third-order valence-electron chi connectivity index (χ3n) is 3.41. The van der Waals surface area contributed by atoms with E-state index in [0.717, 1.165) is 6.42 Å². The van der Waals surface area contributed by atoms with Crippen molar-refractivity contribution in [2.45, 2.75) is 31.6 Å². The molecule has 1 aliphatic rings. The molecule has 0 atom stereocenters. The zero-order valence-corrected chi connectivity index (χ0v) is 8.89. The second-order valence-corrected chi connectivity index (χ2v) is 4.30. The van der Waals surface area contributed by atoms with Crippen molar-refractivity contribution in [3.63, 3.8) is 0 Å². The van der Waals surface area contributed by atoms with Crippen LogP contribution in [0.5, 0.6) is 0 Å². The van der Waals surface area contributed by atoms with Crippen molar-refractivity contribution in [2.24, 2.45) is 0 Å². The molecule has 1 N–H and O–H groups in total. The minimum atomic E-state index is -1.21. The normalized spacial score (nSPS) is 17.9. The molecular formula is C12H12F2O2. The molecule has 0 unspecified atom stereocenters. The molecule has 0 aliphatic heterocycles. The van der Waals surface area contributed by atoms with Crippen LogP contribution in [0.25, 0.3) is 0 Å². The van der Waals surface area contributed by atoms with Crippen molar-refractivity contribution in [3.8, 4) is 0 Å². The van der Waals surface area contributed by atoms with E-state index < -0.39 is 23.0 Å². The number of benzene rings is 1. The van der Waals surface area contributed by atoms with Gasteiger partial charge < -0.3 is 5.11 Å². The third kappa shape index (κ3) is 1.32. The van der Waals surface area contributed by atoms with Crippen LogP contribution in [0, 0.1) is 18.6 Å². The molecule has 0 bridgehead atoms. The molecule has 0 radical (unpaired) electrons. The molecule has 0 heterocycles. The Labute approximate surface area is 91.9 Å². The van der Waals surface area contributed by atoms with Crippen LogP contribution in [0.15, 0.2) is 12.1 Å². The zero-order chi connectivity index (χ0) is 11.9. The predicted octanol–water partition coefficient (Wildman–Crippen LogP) is 2.78. The Balaban J connectivity index is 2.56. The molecule has 1 aliphatic carbocycles. The molecule has 0 spiro atoms. The number of aliphatic carboxylic acids is 1. The standard InChI is InChI=1S/C12H12F2O2/c1-7-3-4-8(10(14)9(7)13)12(11(15)16)5-2-6-12/h3-4H,2,5-6H2,1H3,(H,15,16). The van der Waals surface area contributed by atoms with Crippen LogP contribution in [0.2, 0.25) is 0 Å². The molecule has 0 amide bonds. The topological polar surface area (TPSA) is 37.3 Å². The van der Waals surface area contributed by atoms with E-state index in [2.05, 4.69) is 0 Å². The molecule has 16 heavy (non-hydrogen) atoms. The van der Waals surface area contributed by atoms with Gasteiger partial charge in [-0.25, -0.2) is 8.78 Å². The van der Waals surface area contributed by atoms with E-state index >= 15 is 0 Å². The monoisotopic (exact) mass is 226 g/mol. The van der Waals surface area contributed by atoms with Crippen molar-refractivity contribution in [1.29, 1.82) is 0 Å². The van der Waals surface area contributed by atoms with Gasteiger partial charge in [0, 0.05) is 5.56 Å². The van der Waals surface area contributed by atoms with Gasteiger partial charge in [0.1, 0.15) is 0 Å². The summed E-state index contributed by atoms with van der Waals surface area (Å²) in [5.41, 5.74) is -1.03. The summed E-state index contributed by atoms with van der Waals surface area (Å²) in [6, 6.07) is 2.82. The summed E-state index contributed by atoms with van der Waals surface area (Å²) in [7, 11) is 0. The minimum Gasteiger partial charge on any atom is -0.481 e. The van der Waals surface area contributed by atoms with Gasteiger partial charge in [-0.1, -0.05) is 18.6 Å². The van der Waals surface area contributed by atoms with Crippen LogP contribution in [0.4, 0.5) is 8.78 Å². The number of hydrogen-bond acceptors (Lipinski definition) is 1. The largest absolute Gasteiger partial charge is 0.481 e. The predicted molar refractivity (Wildman–Crippen MR) is 54.3 cm³/mol. The van der Waals surface area contributed by atoms with Gasteiger partial charge >= 0.3 is 5.97 Å². The quantitative estimate of drug-likeness (QED) is 0.841. The molecule has 86 valence electrons. The molecule has 2 rings (SSSR count). The average molecular weight is 226 g/mol. The van der Waals surface area contributed by atoms with E-state index in [-0.39, 0.29) is 11.1 Å². The lowest BCUT2D eigenvalue weighted by atomic mass is 9.64. The highest BCUT2D eigenvalue weighted by molar-refractivity contribution is 5.82. The Hall–Kier alpha value is -1.45. The summed E-state index contributed by atoms with van der Waals surface area (Å²) in [6.07, 6.45) is 1.49. The molecular weight excluding hydrogens is 214 g/mol. The molecule has 1 fully saturated rings. The highest BCUT2D eigenvalue weighted by Gasteiger charge is 2.48. The van der Waals surface area contributed by atoms with Gasteiger partial charge in [0.15, 0.2) is 11.6 Å². The lowest BCUT2D eigenvalue weighted by Crippen LogP contribution is -2.43. The van der Waals surface area contributed by atoms with Gasteiger partial charge in [-0.15, -0.1) is 0 Å². The number of carboxylic acid groups (broad SMARTS) is 1. The fourth-order valence-electron chi connectivity index (χ4n) is 2.14. The highest BCUT2D eigenvalue weighted by Crippen LogP contribution is 2.45. The Morgan fingerprint density at radius 1 is 1.31 bits per heavy atom. The number of carboxylic acids is 1. The maximum Gasteiger partial charge on any atom is 0.314 e. The van der Waals surface area contributed by atoms with Crippen LogP contribution >= 0.6 is 0 Å². The molecule has 1 aromatic carbocycles. The third-order valence-corrected chi connectivity index (χ3v) is 3.41. The number of hydrogen-bond donors (Lipinski definition) is 1. The Bertz CT molecular complexity index is 451.